The van der Waals surface area contributed by atoms with Crippen molar-refractivity contribution in [2.45, 2.75) is 6.54 Å². The molecule has 1 heterocycles. The highest BCUT2D eigenvalue weighted by Gasteiger charge is 2.10. The van der Waals surface area contributed by atoms with Crippen molar-refractivity contribution in [1.29, 1.82) is 0 Å². The van der Waals surface area contributed by atoms with Gasteiger partial charge in [0, 0.05) is 29.2 Å². The molecule has 1 aromatic carbocycles. The molecule has 0 fully saturated rings. The maximum Gasteiger partial charge on any atom is 0.269 e. The SMILES string of the molecule is CN(CC(=O)Nc1ccc([N+](=O)[O-])cc1)Cc1ccc(Br)s1. The summed E-state index contributed by atoms with van der Waals surface area (Å²) in [6, 6.07) is 9.76. The first-order valence-electron chi connectivity index (χ1n) is 6.41. The summed E-state index contributed by atoms with van der Waals surface area (Å²) in [7, 11) is 1.86. The third-order valence-corrected chi connectivity index (χ3v) is 4.44. The van der Waals surface area contributed by atoms with Gasteiger partial charge < -0.3 is 5.32 Å². The average Bonchev–Trinajstić information content (AvgIpc) is 2.84. The van der Waals surface area contributed by atoms with Crippen molar-refractivity contribution < 1.29 is 9.72 Å². The van der Waals surface area contributed by atoms with Gasteiger partial charge in [-0.05, 0) is 47.2 Å². The molecule has 0 bridgehead atoms. The van der Waals surface area contributed by atoms with Crippen molar-refractivity contribution >= 4 is 44.5 Å². The molecule has 1 N–H and O–H groups in total. The van der Waals surface area contributed by atoms with Gasteiger partial charge in [0.25, 0.3) is 5.69 Å². The lowest BCUT2D eigenvalue weighted by Gasteiger charge is -2.15. The lowest BCUT2D eigenvalue weighted by Crippen LogP contribution is -2.29. The highest BCUT2D eigenvalue weighted by atomic mass is 79.9. The Bertz CT molecular complexity index is 672. The van der Waals surface area contributed by atoms with Gasteiger partial charge in [0.05, 0.1) is 15.3 Å². The van der Waals surface area contributed by atoms with Gasteiger partial charge in [0.1, 0.15) is 0 Å². The van der Waals surface area contributed by atoms with E-state index in [9.17, 15) is 14.9 Å². The molecule has 0 aliphatic carbocycles. The topological polar surface area (TPSA) is 75.5 Å². The van der Waals surface area contributed by atoms with Crippen LogP contribution in [0.3, 0.4) is 0 Å². The highest BCUT2D eigenvalue weighted by Crippen LogP contribution is 2.23. The zero-order chi connectivity index (χ0) is 16.1. The molecule has 0 aliphatic heterocycles. The van der Waals surface area contributed by atoms with Gasteiger partial charge in [-0.3, -0.25) is 19.8 Å². The van der Waals surface area contributed by atoms with Gasteiger partial charge in [-0.1, -0.05) is 0 Å². The van der Waals surface area contributed by atoms with Gasteiger partial charge in [-0.25, -0.2) is 0 Å². The van der Waals surface area contributed by atoms with Gasteiger partial charge in [-0.15, -0.1) is 11.3 Å². The number of nitrogens with zero attached hydrogens (tertiary/aromatic N) is 2. The molecule has 0 unspecified atom stereocenters. The van der Waals surface area contributed by atoms with E-state index in [-0.39, 0.29) is 18.1 Å². The Kier molecular flexibility index (Phi) is 5.64. The first-order chi connectivity index (χ1) is 10.4. The Labute approximate surface area is 140 Å². The van der Waals surface area contributed by atoms with E-state index in [1.165, 1.54) is 24.3 Å². The van der Waals surface area contributed by atoms with Crippen molar-refractivity contribution in [2.75, 3.05) is 18.9 Å². The van der Waals surface area contributed by atoms with Crippen LogP contribution in [0.2, 0.25) is 0 Å². The number of nitrogens with one attached hydrogen (secondary N) is 1. The number of hydrogen-bond donors (Lipinski definition) is 1. The number of nitro benzene ring substituents is 1. The zero-order valence-corrected chi connectivity index (χ0v) is 14.2. The van der Waals surface area contributed by atoms with Gasteiger partial charge in [0.15, 0.2) is 0 Å². The Morgan fingerprint density at radius 2 is 2.00 bits per heavy atom. The Balaban J connectivity index is 1.85. The molecule has 0 atom stereocenters. The summed E-state index contributed by atoms with van der Waals surface area (Å²) in [4.78, 5) is 25.1. The van der Waals surface area contributed by atoms with Gasteiger partial charge in [0.2, 0.25) is 5.91 Å². The van der Waals surface area contributed by atoms with E-state index in [1.54, 1.807) is 11.3 Å². The summed E-state index contributed by atoms with van der Waals surface area (Å²) in [5.41, 5.74) is 0.543. The Morgan fingerprint density at radius 3 is 2.55 bits per heavy atom. The average molecular weight is 384 g/mol. The maximum atomic E-state index is 11.9. The second-order valence-corrected chi connectivity index (χ2v) is 7.28. The molecule has 0 aliphatic rings. The molecule has 116 valence electrons. The van der Waals surface area contributed by atoms with Crippen LogP contribution in [0, 0.1) is 10.1 Å². The molecule has 6 nitrogen and oxygen atoms in total. The summed E-state index contributed by atoms with van der Waals surface area (Å²) in [5.74, 6) is -0.160. The number of rotatable bonds is 6. The van der Waals surface area contributed by atoms with E-state index < -0.39 is 4.92 Å². The van der Waals surface area contributed by atoms with Crippen LogP contribution >= 0.6 is 27.3 Å². The number of likely N-dealkylation sites (N-methyl/N-ethyl adjacent to an activating group) is 1. The molecule has 2 rings (SSSR count). The highest BCUT2D eigenvalue weighted by molar-refractivity contribution is 9.11. The molecule has 1 aromatic heterocycles. The minimum absolute atomic E-state index is 0.00149. The van der Waals surface area contributed by atoms with E-state index in [1.807, 2.05) is 24.1 Å². The number of amides is 1. The van der Waals surface area contributed by atoms with Crippen LogP contribution in [-0.2, 0) is 11.3 Å². The third kappa shape index (κ3) is 4.90. The summed E-state index contributed by atoms with van der Waals surface area (Å²) < 4.78 is 1.06. The molecular formula is C14H14BrN3O3S. The lowest BCUT2D eigenvalue weighted by molar-refractivity contribution is -0.384. The van der Waals surface area contributed by atoms with E-state index in [0.29, 0.717) is 12.2 Å². The van der Waals surface area contributed by atoms with Crippen molar-refractivity contribution in [1.82, 2.24) is 4.90 Å². The standard InChI is InChI=1S/C14H14BrN3O3S/c1-17(8-12-6-7-13(15)22-12)9-14(19)16-10-2-4-11(5-3-10)18(20)21/h2-7H,8-9H2,1H3,(H,16,19). The molecule has 2 aromatic rings. The fraction of sp³-hybridized carbons (Fsp3) is 0.214. The van der Waals surface area contributed by atoms with Crippen molar-refractivity contribution in [3.63, 3.8) is 0 Å². The normalized spacial score (nSPS) is 10.7. The number of nitro groups is 1. The Morgan fingerprint density at radius 1 is 1.32 bits per heavy atom. The van der Waals surface area contributed by atoms with Crippen molar-refractivity contribution in [3.8, 4) is 0 Å². The lowest BCUT2D eigenvalue weighted by atomic mass is 10.3. The van der Waals surface area contributed by atoms with E-state index >= 15 is 0 Å². The summed E-state index contributed by atoms with van der Waals surface area (Å²) in [6.45, 7) is 0.927. The van der Waals surface area contributed by atoms with Crippen LogP contribution in [-0.4, -0.2) is 29.3 Å². The molecule has 22 heavy (non-hydrogen) atoms. The number of thiophene rings is 1. The van der Waals surface area contributed by atoms with E-state index in [4.69, 9.17) is 0 Å². The van der Waals surface area contributed by atoms with E-state index in [2.05, 4.69) is 21.2 Å². The van der Waals surface area contributed by atoms with Crippen LogP contribution < -0.4 is 5.32 Å². The van der Waals surface area contributed by atoms with Crippen LogP contribution in [0.1, 0.15) is 4.88 Å². The monoisotopic (exact) mass is 383 g/mol. The predicted molar refractivity (Wildman–Crippen MR) is 90.1 cm³/mol. The van der Waals surface area contributed by atoms with Crippen LogP contribution in [0.4, 0.5) is 11.4 Å². The molecule has 0 saturated carbocycles. The molecule has 0 spiro atoms. The molecular weight excluding hydrogens is 370 g/mol. The Hall–Kier alpha value is -1.77. The van der Waals surface area contributed by atoms with Crippen LogP contribution in [0.5, 0.6) is 0 Å². The summed E-state index contributed by atoms with van der Waals surface area (Å²) in [5, 5.41) is 13.3. The predicted octanol–water partition coefficient (Wildman–Crippen LogP) is 3.49. The largest absolute Gasteiger partial charge is 0.325 e. The van der Waals surface area contributed by atoms with Crippen molar-refractivity contribution in [2.24, 2.45) is 0 Å². The number of benzene rings is 1. The van der Waals surface area contributed by atoms with Gasteiger partial charge in [-0.2, -0.15) is 0 Å². The van der Waals surface area contributed by atoms with Gasteiger partial charge >= 0.3 is 0 Å². The number of carbonyl (C=O) groups is 1. The first kappa shape index (κ1) is 16.6. The minimum atomic E-state index is -0.474. The first-order valence-corrected chi connectivity index (χ1v) is 8.02. The smallest absolute Gasteiger partial charge is 0.269 e. The minimum Gasteiger partial charge on any atom is -0.325 e. The van der Waals surface area contributed by atoms with E-state index in [0.717, 1.165) is 8.66 Å². The summed E-state index contributed by atoms with van der Waals surface area (Å²) >= 11 is 5.04. The fourth-order valence-corrected chi connectivity index (χ4v) is 3.43. The number of carbonyl (C=O) groups excluding carboxylic acids is 1. The fourth-order valence-electron chi connectivity index (χ4n) is 1.87. The molecule has 0 radical (unpaired) electrons. The zero-order valence-electron chi connectivity index (χ0n) is 11.8. The maximum absolute atomic E-state index is 11.9. The molecule has 8 heteroatoms. The number of halogens is 1. The quantitative estimate of drug-likeness (QED) is 0.611. The number of non-ortho nitro benzene ring substituents is 1. The molecule has 1 amide bonds. The second kappa shape index (κ2) is 7.48. The third-order valence-electron chi connectivity index (χ3n) is 2.83. The van der Waals surface area contributed by atoms with Crippen molar-refractivity contribution in [3.05, 3.63) is 55.2 Å². The number of anilines is 1. The second-order valence-electron chi connectivity index (χ2n) is 4.73. The van der Waals surface area contributed by atoms with Crippen LogP contribution in [0.15, 0.2) is 40.2 Å². The molecule has 0 saturated heterocycles. The number of hydrogen-bond acceptors (Lipinski definition) is 5. The summed E-state index contributed by atoms with van der Waals surface area (Å²) in [6.07, 6.45) is 0. The van der Waals surface area contributed by atoms with Crippen LogP contribution in [0.25, 0.3) is 0 Å².